The van der Waals surface area contributed by atoms with E-state index in [1.54, 1.807) is 0 Å². The van der Waals surface area contributed by atoms with E-state index in [2.05, 4.69) is 19.2 Å². The fourth-order valence-electron chi connectivity index (χ4n) is 1.20. The van der Waals surface area contributed by atoms with E-state index in [4.69, 9.17) is 0 Å². The molecule has 0 spiro atoms. The van der Waals surface area contributed by atoms with Gasteiger partial charge < -0.3 is 5.32 Å². The van der Waals surface area contributed by atoms with Crippen LogP contribution in [-0.4, -0.2) is 12.6 Å². The molecule has 1 heteroatoms. The van der Waals surface area contributed by atoms with Crippen molar-refractivity contribution >= 4 is 0 Å². The van der Waals surface area contributed by atoms with Crippen LogP contribution in [-0.2, 0) is 0 Å². The SMILES string of the molecule is CC1NCCC[C@@H]1C. The van der Waals surface area contributed by atoms with E-state index in [1.165, 1.54) is 19.4 Å². The molecule has 2 atom stereocenters. The standard InChI is InChI=1S/C7H15N/c1-6-4-3-5-8-7(6)2/h6-8H,3-5H2,1-2H3/t6-,7?/m0/s1. The summed E-state index contributed by atoms with van der Waals surface area (Å²) in [7, 11) is 0. The number of hydrogen-bond acceptors (Lipinski definition) is 1. The van der Waals surface area contributed by atoms with Gasteiger partial charge in [0.1, 0.15) is 0 Å². The normalized spacial score (nSPS) is 39.8. The zero-order chi connectivity index (χ0) is 5.98. The highest BCUT2D eigenvalue weighted by molar-refractivity contribution is 4.73. The van der Waals surface area contributed by atoms with E-state index in [1.807, 2.05) is 0 Å². The molecule has 1 fully saturated rings. The summed E-state index contributed by atoms with van der Waals surface area (Å²) in [6, 6.07) is 0.753. The van der Waals surface area contributed by atoms with Crippen LogP contribution in [0.3, 0.4) is 0 Å². The lowest BCUT2D eigenvalue weighted by Gasteiger charge is -2.26. The predicted octanol–water partition coefficient (Wildman–Crippen LogP) is 1.39. The summed E-state index contributed by atoms with van der Waals surface area (Å²) in [5.74, 6) is 0.892. The topological polar surface area (TPSA) is 12.0 Å². The Morgan fingerprint density at radius 2 is 2.12 bits per heavy atom. The molecule has 0 aliphatic carbocycles. The Bertz CT molecular complexity index is 60.8. The van der Waals surface area contributed by atoms with E-state index >= 15 is 0 Å². The number of rotatable bonds is 0. The average Bonchev–Trinajstić information content (AvgIpc) is 1.77. The summed E-state index contributed by atoms with van der Waals surface area (Å²) in [5, 5.41) is 3.43. The molecular weight excluding hydrogens is 98.1 g/mol. The third kappa shape index (κ3) is 1.22. The van der Waals surface area contributed by atoms with Crippen LogP contribution in [0.2, 0.25) is 0 Å². The van der Waals surface area contributed by atoms with Crippen molar-refractivity contribution in [2.24, 2.45) is 5.92 Å². The summed E-state index contributed by atoms with van der Waals surface area (Å²) in [5.41, 5.74) is 0. The van der Waals surface area contributed by atoms with Crippen molar-refractivity contribution in [3.63, 3.8) is 0 Å². The second kappa shape index (κ2) is 2.49. The Morgan fingerprint density at radius 3 is 2.50 bits per heavy atom. The Kier molecular flexibility index (Phi) is 1.90. The van der Waals surface area contributed by atoms with Gasteiger partial charge in [-0.05, 0) is 32.2 Å². The molecule has 0 radical (unpaired) electrons. The molecule has 1 aliphatic heterocycles. The molecule has 1 nitrogen and oxygen atoms in total. The first-order chi connectivity index (χ1) is 3.80. The van der Waals surface area contributed by atoms with Crippen LogP contribution in [0.25, 0.3) is 0 Å². The summed E-state index contributed by atoms with van der Waals surface area (Å²) < 4.78 is 0. The minimum atomic E-state index is 0.753. The van der Waals surface area contributed by atoms with Gasteiger partial charge in [-0.3, -0.25) is 0 Å². The first-order valence-corrected chi connectivity index (χ1v) is 3.54. The van der Waals surface area contributed by atoms with Gasteiger partial charge in [0.05, 0.1) is 0 Å². The maximum atomic E-state index is 3.43. The van der Waals surface area contributed by atoms with Crippen molar-refractivity contribution in [1.29, 1.82) is 0 Å². The smallest absolute Gasteiger partial charge is 0.00643 e. The van der Waals surface area contributed by atoms with Crippen molar-refractivity contribution in [2.75, 3.05) is 6.54 Å². The molecule has 1 saturated heterocycles. The van der Waals surface area contributed by atoms with Crippen molar-refractivity contribution in [3.05, 3.63) is 0 Å². The molecule has 0 amide bonds. The van der Waals surface area contributed by atoms with Crippen LogP contribution in [0.4, 0.5) is 0 Å². The quantitative estimate of drug-likeness (QED) is 0.500. The van der Waals surface area contributed by atoms with Crippen LogP contribution in [0.1, 0.15) is 26.7 Å². The van der Waals surface area contributed by atoms with Crippen LogP contribution in [0, 0.1) is 5.92 Å². The maximum absolute atomic E-state index is 3.43. The second-order valence-corrected chi connectivity index (χ2v) is 2.86. The minimum absolute atomic E-state index is 0.753. The first kappa shape index (κ1) is 6.09. The molecule has 1 heterocycles. The summed E-state index contributed by atoms with van der Waals surface area (Å²) >= 11 is 0. The molecule has 0 bridgehead atoms. The van der Waals surface area contributed by atoms with Crippen molar-refractivity contribution < 1.29 is 0 Å². The zero-order valence-electron chi connectivity index (χ0n) is 5.78. The van der Waals surface area contributed by atoms with Gasteiger partial charge in [-0.1, -0.05) is 6.92 Å². The predicted molar refractivity (Wildman–Crippen MR) is 35.9 cm³/mol. The molecule has 1 rings (SSSR count). The van der Waals surface area contributed by atoms with Gasteiger partial charge in [-0.15, -0.1) is 0 Å². The maximum Gasteiger partial charge on any atom is 0.00643 e. The van der Waals surface area contributed by atoms with Crippen molar-refractivity contribution in [2.45, 2.75) is 32.7 Å². The van der Waals surface area contributed by atoms with Crippen molar-refractivity contribution in [3.8, 4) is 0 Å². The fourth-order valence-corrected chi connectivity index (χ4v) is 1.20. The van der Waals surface area contributed by atoms with Crippen LogP contribution in [0.5, 0.6) is 0 Å². The number of nitrogens with one attached hydrogen (secondary N) is 1. The molecule has 1 aliphatic rings. The average molecular weight is 113 g/mol. The van der Waals surface area contributed by atoms with Gasteiger partial charge in [0.25, 0.3) is 0 Å². The second-order valence-electron chi connectivity index (χ2n) is 2.86. The van der Waals surface area contributed by atoms with Gasteiger partial charge in [-0.2, -0.15) is 0 Å². The Labute approximate surface area is 51.5 Å². The Balaban J connectivity index is 2.28. The van der Waals surface area contributed by atoms with E-state index < -0.39 is 0 Å². The summed E-state index contributed by atoms with van der Waals surface area (Å²) in [6.45, 7) is 5.81. The Hall–Kier alpha value is -0.0400. The Morgan fingerprint density at radius 1 is 1.38 bits per heavy atom. The lowest BCUT2D eigenvalue weighted by Crippen LogP contribution is -2.37. The van der Waals surface area contributed by atoms with E-state index in [0.29, 0.717) is 0 Å². The first-order valence-electron chi connectivity index (χ1n) is 3.54. The monoisotopic (exact) mass is 113 g/mol. The van der Waals surface area contributed by atoms with Crippen molar-refractivity contribution in [1.82, 2.24) is 5.32 Å². The van der Waals surface area contributed by atoms with Crippen LogP contribution >= 0.6 is 0 Å². The summed E-state index contributed by atoms with van der Waals surface area (Å²) in [4.78, 5) is 0. The highest BCUT2D eigenvalue weighted by Gasteiger charge is 2.14. The molecule has 0 saturated carbocycles. The molecule has 8 heavy (non-hydrogen) atoms. The largest absolute Gasteiger partial charge is 0.314 e. The molecule has 0 aromatic rings. The van der Waals surface area contributed by atoms with Gasteiger partial charge in [0.15, 0.2) is 0 Å². The van der Waals surface area contributed by atoms with E-state index in [9.17, 15) is 0 Å². The molecule has 0 aromatic heterocycles. The molecule has 0 aromatic carbocycles. The zero-order valence-corrected chi connectivity index (χ0v) is 5.78. The lowest BCUT2D eigenvalue weighted by atomic mass is 9.94. The van der Waals surface area contributed by atoms with E-state index in [0.717, 1.165) is 12.0 Å². The number of piperidine rings is 1. The minimum Gasteiger partial charge on any atom is -0.314 e. The lowest BCUT2D eigenvalue weighted by molar-refractivity contribution is 0.319. The van der Waals surface area contributed by atoms with Crippen LogP contribution in [0.15, 0.2) is 0 Å². The third-order valence-corrected chi connectivity index (χ3v) is 2.16. The van der Waals surface area contributed by atoms with Crippen LogP contribution < -0.4 is 5.32 Å². The van der Waals surface area contributed by atoms with Gasteiger partial charge in [0.2, 0.25) is 0 Å². The highest BCUT2D eigenvalue weighted by Crippen LogP contribution is 2.13. The highest BCUT2D eigenvalue weighted by atomic mass is 14.9. The van der Waals surface area contributed by atoms with Gasteiger partial charge >= 0.3 is 0 Å². The number of hydrogen-bond donors (Lipinski definition) is 1. The molecule has 48 valence electrons. The van der Waals surface area contributed by atoms with Gasteiger partial charge in [0, 0.05) is 6.04 Å². The fraction of sp³-hybridized carbons (Fsp3) is 1.00. The van der Waals surface area contributed by atoms with Gasteiger partial charge in [-0.25, -0.2) is 0 Å². The third-order valence-electron chi connectivity index (χ3n) is 2.16. The summed E-state index contributed by atoms with van der Waals surface area (Å²) in [6.07, 6.45) is 2.78. The molecule has 1 N–H and O–H groups in total. The van der Waals surface area contributed by atoms with E-state index in [-0.39, 0.29) is 0 Å². The molecule has 1 unspecified atom stereocenters. The molecular formula is C7H15N.